The maximum Gasteiger partial charge on any atom is 0.236 e. The first kappa shape index (κ1) is 16.0. The molecule has 2 heterocycles. The van der Waals surface area contributed by atoms with Gasteiger partial charge in [-0.15, -0.1) is 0 Å². The third-order valence-corrected chi connectivity index (χ3v) is 4.57. The second-order valence-corrected chi connectivity index (χ2v) is 6.17. The number of carbonyl (C=O) groups excluding carboxylic acids is 1. The number of amides is 1. The summed E-state index contributed by atoms with van der Waals surface area (Å²) < 4.78 is 15.6. The first-order valence-corrected chi connectivity index (χ1v) is 8.11. The summed E-state index contributed by atoms with van der Waals surface area (Å²) in [6, 6.07) is 11.7. The third-order valence-electron chi connectivity index (χ3n) is 4.57. The van der Waals surface area contributed by atoms with Gasteiger partial charge in [0.1, 0.15) is 11.9 Å². The Balaban J connectivity index is 1.58. The standard InChI is InChI=1S/C19H14FN5O/c20-15-4-2-1-3-14(15)19(7-8-19)18(26)23-17-6-10-25(24-17)16-5-9-22-12-13(16)11-21/h1-6,9-10,12H,7-8H2,(H,23,24,26). The van der Waals surface area contributed by atoms with Gasteiger partial charge in [-0.2, -0.15) is 10.4 Å². The number of benzene rings is 1. The maximum absolute atomic E-state index is 14.1. The minimum absolute atomic E-state index is 0.275. The van der Waals surface area contributed by atoms with Gasteiger partial charge in [-0.3, -0.25) is 9.78 Å². The van der Waals surface area contributed by atoms with Crippen molar-refractivity contribution in [3.05, 3.63) is 71.9 Å². The van der Waals surface area contributed by atoms with Gasteiger partial charge >= 0.3 is 0 Å². The maximum atomic E-state index is 14.1. The summed E-state index contributed by atoms with van der Waals surface area (Å²) in [5.41, 5.74) is 0.526. The first-order chi connectivity index (χ1) is 12.6. The van der Waals surface area contributed by atoms with Crippen LogP contribution in [-0.2, 0) is 10.2 Å². The van der Waals surface area contributed by atoms with E-state index in [9.17, 15) is 9.18 Å². The SMILES string of the molecule is N#Cc1cnccc1-n1ccc(NC(=O)C2(c3ccccc3F)CC2)n1. The number of rotatable bonds is 4. The topological polar surface area (TPSA) is 83.6 Å². The van der Waals surface area contributed by atoms with Gasteiger partial charge in [0, 0.05) is 30.2 Å². The number of carbonyl (C=O) groups is 1. The number of nitrogens with one attached hydrogen (secondary N) is 1. The number of aromatic nitrogens is 3. The minimum atomic E-state index is -0.830. The van der Waals surface area contributed by atoms with Crippen LogP contribution < -0.4 is 5.32 Å². The van der Waals surface area contributed by atoms with E-state index in [1.165, 1.54) is 16.9 Å². The van der Waals surface area contributed by atoms with E-state index >= 15 is 0 Å². The highest BCUT2D eigenvalue weighted by atomic mass is 19.1. The summed E-state index contributed by atoms with van der Waals surface area (Å²) in [6.07, 6.45) is 5.86. The molecule has 3 aromatic rings. The molecule has 0 unspecified atom stereocenters. The van der Waals surface area contributed by atoms with E-state index in [1.54, 1.807) is 42.7 Å². The van der Waals surface area contributed by atoms with Crippen LogP contribution in [-0.4, -0.2) is 20.7 Å². The largest absolute Gasteiger partial charge is 0.308 e. The van der Waals surface area contributed by atoms with Crippen molar-refractivity contribution in [1.82, 2.24) is 14.8 Å². The van der Waals surface area contributed by atoms with Gasteiger partial charge in [-0.1, -0.05) is 18.2 Å². The molecule has 1 fully saturated rings. The van der Waals surface area contributed by atoms with E-state index < -0.39 is 5.41 Å². The van der Waals surface area contributed by atoms with Gasteiger partial charge in [0.05, 0.1) is 16.7 Å². The minimum Gasteiger partial charge on any atom is -0.308 e. The third kappa shape index (κ3) is 2.62. The Morgan fingerprint density at radius 1 is 1.27 bits per heavy atom. The van der Waals surface area contributed by atoms with Crippen LogP contribution >= 0.6 is 0 Å². The van der Waals surface area contributed by atoms with Crippen LogP contribution in [0.5, 0.6) is 0 Å². The summed E-state index contributed by atoms with van der Waals surface area (Å²) in [6.45, 7) is 0. The highest BCUT2D eigenvalue weighted by Crippen LogP contribution is 2.49. The molecule has 1 N–H and O–H groups in total. The highest BCUT2D eigenvalue weighted by Gasteiger charge is 2.52. The van der Waals surface area contributed by atoms with Gasteiger partial charge in [-0.05, 0) is 25.0 Å². The summed E-state index contributed by atoms with van der Waals surface area (Å²) in [5, 5.41) is 16.2. The predicted octanol–water partition coefficient (Wildman–Crippen LogP) is 2.95. The molecule has 0 saturated heterocycles. The highest BCUT2D eigenvalue weighted by molar-refractivity contribution is 6.00. The van der Waals surface area contributed by atoms with Gasteiger partial charge in [-0.25, -0.2) is 9.07 Å². The fourth-order valence-electron chi connectivity index (χ4n) is 3.03. The first-order valence-electron chi connectivity index (χ1n) is 8.11. The van der Waals surface area contributed by atoms with E-state index in [1.807, 2.05) is 0 Å². The van der Waals surface area contributed by atoms with Crippen molar-refractivity contribution in [2.45, 2.75) is 18.3 Å². The quantitative estimate of drug-likeness (QED) is 0.786. The van der Waals surface area contributed by atoms with E-state index in [0.717, 1.165) is 0 Å². The van der Waals surface area contributed by atoms with Crippen LogP contribution in [0.15, 0.2) is 55.0 Å². The number of nitriles is 1. The van der Waals surface area contributed by atoms with Gasteiger partial charge < -0.3 is 5.32 Å². The van der Waals surface area contributed by atoms with E-state index in [2.05, 4.69) is 21.5 Å². The lowest BCUT2D eigenvalue weighted by atomic mass is 9.94. The number of anilines is 1. The normalized spacial score (nSPS) is 14.5. The molecular formula is C19H14FN5O. The molecule has 7 heteroatoms. The fourth-order valence-corrected chi connectivity index (χ4v) is 3.03. The number of halogens is 1. The molecule has 1 aliphatic rings. The van der Waals surface area contributed by atoms with Crippen LogP contribution in [0.1, 0.15) is 24.0 Å². The lowest BCUT2D eigenvalue weighted by Crippen LogP contribution is -2.29. The second-order valence-electron chi connectivity index (χ2n) is 6.17. The molecule has 1 aliphatic carbocycles. The van der Waals surface area contributed by atoms with E-state index in [-0.39, 0.29) is 11.7 Å². The molecule has 2 aromatic heterocycles. The number of nitrogens with zero attached hydrogens (tertiary/aromatic N) is 4. The van der Waals surface area contributed by atoms with Gasteiger partial charge in [0.2, 0.25) is 5.91 Å². The molecule has 4 rings (SSSR count). The number of pyridine rings is 1. The van der Waals surface area contributed by atoms with Crippen molar-refractivity contribution in [3.63, 3.8) is 0 Å². The van der Waals surface area contributed by atoms with Crippen molar-refractivity contribution < 1.29 is 9.18 Å². The van der Waals surface area contributed by atoms with Crippen LogP contribution in [0.3, 0.4) is 0 Å². The molecular weight excluding hydrogens is 333 g/mol. The average molecular weight is 347 g/mol. The molecule has 128 valence electrons. The molecule has 1 saturated carbocycles. The van der Waals surface area contributed by atoms with Crippen LogP contribution in [0.25, 0.3) is 5.69 Å². The lowest BCUT2D eigenvalue weighted by molar-refractivity contribution is -0.118. The van der Waals surface area contributed by atoms with E-state index in [4.69, 9.17) is 5.26 Å². The van der Waals surface area contributed by atoms with Gasteiger partial charge in [0.15, 0.2) is 5.82 Å². The lowest BCUT2D eigenvalue weighted by Gasteiger charge is -2.15. The predicted molar refractivity (Wildman–Crippen MR) is 92.0 cm³/mol. The monoisotopic (exact) mass is 347 g/mol. The van der Waals surface area contributed by atoms with Gasteiger partial charge in [0.25, 0.3) is 0 Å². The molecule has 1 aromatic carbocycles. The molecule has 0 atom stereocenters. The Labute approximate surface area is 148 Å². The number of hydrogen-bond acceptors (Lipinski definition) is 4. The molecule has 6 nitrogen and oxygen atoms in total. The Hall–Kier alpha value is -3.53. The number of hydrogen-bond donors (Lipinski definition) is 1. The average Bonchev–Trinajstić information content (AvgIpc) is 3.35. The van der Waals surface area contributed by atoms with Crippen molar-refractivity contribution in [3.8, 4) is 11.8 Å². The Morgan fingerprint density at radius 3 is 2.81 bits per heavy atom. The summed E-state index contributed by atoms with van der Waals surface area (Å²) in [4.78, 5) is 16.6. The smallest absolute Gasteiger partial charge is 0.236 e. The zero-order valence-corrected chi connectivity index (χ0v) is 13.7. The molecule has 1 amide bonds. The zero-order valence-electron chi connectivity index (χ0n) is 13.7. The van der Waals surface area contributed by atoms with Crippen LogP contribution in [0, 0.1) is 17.1 Å². The Kier molecular flexibility index (Phi) is 3.73. The molecule has 0 bridgehead atoms. The van der Waals surface area contributed by atoms with Crippen molar-refractivity contribution >= 4 is 11.7 Å². The van der Waals surface area contributed by atoms with Crippen molar-refractivity contribution in [2.24, 2.45) is 0 Å². The van der Waals surface area contributed by atoms with E-state index in [0.29, 0.717) is 35.5 Å². The Bertz CT molecular complexity index is 1030. The molecule has 0 spiro atoms. The zero-order chi connectivity index (χ0) is 18.1. The fraction of sp³-hybridized carbons (Fsp3) is 0.158. The molecule has 0 aliphatic heterocycles. The summed E-state index contributed by atoms with van der Waals surface area (Å²) in [7, 11) is 0. The Morgan fingerprint density at radius 2 is 2.08 bits per heavy atom. The van der Waals surface area contributed by atoms with Crippen molar-refractivity contribution in [1.29, 1.82) is 5.26 Å². The van der Waals surface area contributed by atoms with Crippen molar-refractivity contribution in [2.75, 3.05) is 5.32 Å². The van der Waals surface area contributed by atoms with Crippen LogP contribution in [0.4, 0.5) is 10.2 Å². The summed E-state index contributed by atoms with van der Waals surface area (Å²) >= 11 is 0. The second kappa shape index (κ2) is 6.08. The molecule has 0 radical (unpaired) electrons. The molecule has 26 heavy (non-hydrogen) atoms. The summed E-state index contributed by atoms with van der Waals surface area (Å²) in [5.74, 6) is -0.303. The van der Waals surface area contributed by atoms with Crippen LogP contribution in [0.2, 0.25) is 0 Å².